The van der Waals surface area contributed by atoms with Crippen molar-refractivity contribution in [1.29, 1.82) is 0 Å². The van der Waals surface area contributed by atoms with E-state index < -0.39 is 0 Å². The molecule has 0 N–H and O–H groups in total. The third kappa shape index (κ3) is 7.11. The number of ether oxygens (including phenoxy) is 1. The molecule has 3 rings (SSSR count). The zero-order valence-electron chi connectivity index (χ0n) is 18.1. The molecule has 3 aromatic rings. The standard InChI is InChI=1S/C29H30O2/c1-3-5-7-23-9-11-25(12-10-23)13-14-26-15-19-27(20-16-26)29(30)31-28-21-17-24(18-22-28)8-6-4-2/h3-4,9-12,15-22H,1-2,5-8,13-14H2. The summed E-state index contributed by atoms with van der Waals surface area (Å²) in [5, 5.41) is 0. The number of benzene rings is 3. The number of carbonyl (C=O) groups is 1. The second-order valence-corrected chi connectivity index (χ2v) is 7.70. The predicted octanol–water partition coefficient (Wildman–Crippen LogP) is 6.93. The Morgan fingerprint density at radius 3 is 1.45 bits per heavy atom. The molecule has 0 atom stereocenters. The van der Waals surface area contributed by atoms with Gasteiger partial charge in [-0.15, -0.1) is 13.2 Å². The molecular formula is C29H30O2. The highest BCUT2D eigenvalue weighted by Crippen LogP contribution is 2.17. The first kappa shape index (κ1) is 22.3. The van der Waals surface area contributed by atoms with Crippen molar-refractivity contribution in [2.24, 2.45) is 0 Å². The fourth-order valence-electron chi connectivity index (χ4n) is 3.40. The molecule has 0 unspecified atom stereocenters. The van der Waals surface area contributed by atoms with Gasteiger partial charge >= 0.3 is 5.97 Å². The largest absolute Gasteiger partial charge is 0.423 e. The van der Waals surface area contributed by atoms with E-state index in [2.05, 4.69) is 37.4 Å². The first-order valence-electron chi connectivity index (χ1n) is 10.9. The van der Waals surface area contributed by atoms with E-state index in [-0.39, 0.29) is 5.97 Å². The fraction of sp³-hybridized carbons (Fsp3) is 0.207. The molecule has 3 aromatic carbocycles. The van der Waals surface area contributed by atoms with E-state index in [0.29, 0.717) is 11.3 Å². The van der Waals surface area contributed by atoms with Crippen molar-refractivity contribution in [3.8, 4) is 5.75 Å². The van der Waals surface area contributed by atoms with Crippen LogP contribution in [0.2, 0.25) is 0 Å². The highest BCUT2D eigenvalue weighted by molar-refractivity contribution is 5.91. The number of carbonyl (C=O) groups excluding carboxylic acids is 1. The zero-order valence-corrected chi connectivity index (χ0v) is 18.1. The van der Waals surface area contributed by atoms with Gasteiger partial charge in [-0.05, 0) is 85.0 Å². The molecular weight excluding hydrogens is 380 g/mol. The van der Waals surface area contributed by atoms with Crippen molar-refractivity contribution >= 4 is 5.97 Å². The van der Waals surface area contributed by atoms with Crippen molar-refractivity contribution in [3.63, 3.8) is 0 Å². The Morgan fingerprint density at radius 2 is 1.00 bits per heavy atom. The van der Waals surface area contributed by atoms with Crippen LogP contribution in [0.3, 0.4) is 0 Å². The molecule has 0 saturated heterocycles. The van der Waals surface area contributed by atoms with E-state index in [4.69, 9.17) is 4.74 Å². The third-order valence-electron chi connectivity index (χ3n) is 5.32. The van der Waals surface area contributed by atoms with Gasteiger partial charge in [-0.3, -0.25) is 0 Å². The van der Waals surface area contributed by atoms with Crippen molar-refractivity contribution in [3.05, 3.63) is 126 Å². The second kappa shape index (κ2) is 11.7. The maximum absolute atomic E-state index is 12.4. The van der Waals surface area contributed by atoms with Crippen molar-refractivity contribution in [1.82, 2.24) is 0 Å². The van der Waals surface area contributed by atoms with Crippen LogP contribution in [0.1, 0.15) is 45.5 Å². The lowest BCUT2D eigenvalue weighted by molar-refractivity contribution is 0.0734. The smallest absolute Gasteiger partial charge is 0.343 e. The molecule has 0 aliphatic carbocycles. The number of allylic oxidation sites excluding steroid dienone is 2. The van der Waals surface area contributed by atoms with Crippen LogP contribution >= 0.6 is 0 Å². The predicted molar refractivity (Wildman–Crippen MR) is 129 cm³/mol. The average Bonchev–Trinajstić information content (AvgIpc) is 2.82. The Balaban J connectivity index is 1.50. The molecule has 0 fully saturated rings. The Morgan fingerprint density at radius 1 is 0.613 bits per heavy atom. The molecule has 0 aliphatic rings. The minimum Gasteiger partial charge on any atom is -0.423 e. The van der Waals surface area contributed by atoms with Crippen LogP contribution in [0.25, 0.3) is 0 Å². The van der Waals surface area contributed by atoms with Gasteiger partial charge in [0.05, 0.1) is 5.56 Å². The van der Waals surface area contributed by atoms with Crippen LogP contribution in [-0.4, -0.2) is 5.97 Å². The second-order valence-electron chi connectivity index (χ2n) is 7.70. The number of rotatable bonds is 11. The van der Waals surface area contributed by atoms with E-state index >= 15 is 0 Å². The molecule has 0 spiro atoms. The Hall–Kier alpha value is -3.39. The summed E-state index contributed by atoms with van der Waals surface area (Å²) in [6.45, 7) is 7.51. The molecule has 2 nitrogen and oxygen atoms in total. The summed E-state index contributed by atoms with van der Waals surface area (Å²) in [6, 6.07) is 24.2. The van der Waals surface area contributed by atoms with Gasteiger partial charge in [0.1, 0.15) is 5.75 Å². The van der Waals surface area contributed by atoms with Gasteiger partial charge in [-0.1, -0.05) is 60.7 Å². The molecule has 158 valence electrons. The summed E-state index contributed by atoms with van der Waals surface area (Å²) in [6.07, 6.45) is 9.70. The Kier molecular flexibility index (Phi) is 8.42. The molecule has 0 amide bonds. The van der Waals surface area contributed by atoms with E-state index in [9.17, 15) is 4.79 Å². The molecule has 0 saturated carbocycles. The molecule has 2 heteroatoms. The summed E-state index contributed by atoms with van der Waals surface area (Å²) < 4.78 is 5.50. The number of hydrogen-bond donors (Lipinski definition) is 0. The summed E-state index contributed by atoms with van der Waals surface area (Å²) in [7, 11) is 0. The van der Waals surface area contributed by atoms with Crippen LogP contribution < -0.4 is 4.74 Å². The quantitative estimate of drug-likeness (QED) is 0.195. The van der Waals surface area contributed by atoms with Gasteiger partial charge in [0.25, 0.3) is 0 Å². The number of esters is 1. The van der Waals surface area contributed by atoms with Crippen LogP contribution in [0, 0.1) is 0 Å². The van der Waals surface area contributed by atoms with Crippen LogP contribution in [-0.2, 0) is 25.7 Å². The van der Waals surface area contributed by atoms with Gasteiger partial charge in [0, 0.05) is 0 Å². The van der Waals surface area contributed by atoms with Crippen LogP contribution in [0.5, 0.6) is 5.75 Å². The minimum absolute atomic E-state index is 0.333. The molecule has 0 aromatic heterocycles. The van der Waals surface area contributed by atoms with E-state index in [1.807, 2.05) is 60.7 Å². The van der Waals surface area contributed by atoms with Gasteiger partial charge in [0.2, 0.25) is 0 Å². The number of aryl methyl sites for hydroxylation is 4. The molecule has 0 heterocycles. The van der Waals surface area contributed by atoms with Crippen LogP contribution in [0.4, 0.5) is 0 Å². The maximum atomic E-state index is 12.4. The molecule has 0 radical (unpaired) electrons. The Labute approximate surface area is 185 Å². The fourth-order valence-corrected chi connectivity index (χ4v) is 3.40. The molecule has 0 bridgehead atoms. The molecule has 0 aliphatic heterocycles. The van der Waals surface area contributed by atoms with Gasteiger partial charge < -0.3 is 4.74 Å². The van der Waals surface area contributed by atoms with Crippen molar-refractivity contribution < 1.29 is 9.53 Å². The first-order valence-corrected chi connectivity index (χ1v) is 10.9. The van der Waals surface area contributed by atoms with E-state index in [0.717, 1.165) is 38.5 Å². The van der Waals surface area contributed by atoms with Gasteiger partial charge in [-0.25, -0.2) is 4.79 Å². The van der Waals surface area contributed by atoms with Crippen molar-refractivity contribution in [2.75, 3.05) is 0 Å². The van der Waals surface area contributed by atoms with Gasteiger partial charge in [-0.2, -0.15) is 0 Å². The third-order valence-corrected chi connectivity index (χ3v) is 5.32. The zero-order chi connectivity index (χ0) is 21.9. The lowest BCUT2D eigenvalue weighted by Crippen LogP contribution is -2.08. The highest BCUT2D eigenvalue weighted by atomic mass is 16.5. The monoisotopic (exact) mass is 410 g/mol. The number of hydrogen-bond acceptors (Lipinski definition) is 2. The van der Waals surface area contributed by atoms with E-state index in [1.54, 1.807) is 0 Å². The minimum atomic E-state index is -0.333. The summed E-state index contributed by atoms with van der Waals surface area (Å²) >= 11 is 0. The summed E-state index contributed by atoms with van der Waals surface area (Å²) in [5.41, 5.74) is 5.64. The Bertz CT molecular complexity index is 980. The van der Waals surface area contributed by atoms with Crippen molar-refractivity contribution in [2.45, 2.75) is 38.5 Å². The normalized spacial score (nSPS) is 10.5. The maximum Gasteiger partial charge on any atom is 0.343 e. The summed E-state index contributed by atoms with van der Waals surface area (Å²) in [5.74, 6) is 0.230. The lowest BCUT2D eigenvalue weighted by atomic mass is 10.0. The topological polar surface area (TPSA) is 26.3 Å². The lowest BCUT2D eigenvalue weighted by Gasteiger charge is -2.07. The van der Waals surface area contributed by atoms with Crippen LogP contribution in [0.15, 0.2) is 98.1 Å². The first-order chi connectivity index (χ1) is 15.2. The molecule has 31 heavy (non-hydrogen) atoms. The SMILES string of the molecule is C=CCCc1ccc(CCc2ccc(C(=O)Oc3ccc(CCC=C)cc3)cc2)cc1. The summed E-state index contributed by atoms with van der Waals surface area (Å²) in [4.78, 5) is 12.4. The van der Waals surface area contributed by atoms with E-state index in [1.165, 1.54) is 22.3 Å². The van der Waals surface area contributed by atoms with Gasteiger partial charge in [0.15, 0.2) is 0 Å². The average molecular weight is 411 g/mol. The highest BCUT2D eigenvalue weighted by Gasteiger charge is 2.09.